The molecule has 2 rings (SSSR count). The second kappa shape index (κ2) is 9.03. The number of aliphatic hydroxyl groups is 1. The molecule has 0 aliphatic heterocycles. The smallest absolute Gasteiger partial charge is 0.406 e. The minimum Gasteiger partial charge on any atom is -0.406 e. The zero-order valence-electron chi connectivity index (χ0n) is 14.6. The van der Waals surface area contributed by atoms with Gasteiger partial charge in [-0.05, 0) is 35.9 Å². The fourth-order valence-corrected chi connectivity index (χ4v) is 2.27. The molecular weight excluding hydrogens is 406 g/mol. The molecule has 158 valence electrons. The number of ether oxygens (including phenoxy) is 1. The Labute approximate surface area is 161 Å². The average Bonchev–Trinajstić information content (AvgIpc) is 2.63. The third-order valence-corrected chi connectivity index (χ3v) is 3.63. The van der Waals surface area contributed by atoms with Crippen LogP contribution in [0.25, 0.3) is 0 Å². The van der Waals surface area contributed by atoms with Gasteiger partial charge in [-0.1, -0.05) is 18.2 Å². The summed E-state index contributed by atoms with van der Waals surface area (Å²) in [6.07, 6.45) is -10.5. The molecule has 0 bridgehead atoms. The monoisotopic (exact) mass is 422 g/mol. The largest absolute Gasteiger partial charge is 0.573 e. The van der Waals surface area contributed by atoms with E-state index in [1.165, 1.54) is 24.3 Å². The molecule has 1 atom stereocenters. The van der Waals surface area contributed by atoms with Crippen LogP contribution in [0.15, 0.2) is 48.5 Å². The van der Waals surface area contributed by atoms with Gasteiger partial charge < -0.3 is 20.5 Å². The highest BCUT2D eigenvalue weighted by atomic mass is 19.4. The molecule has 0 radical (unpaired) electrons. The summed E-state index contributed by atoms with van der Waals surface area (Å²) in [6.45, 7) is -0.588. The molecule has 1 amide bonds. The number of amides is 1. The van der Waals surface area contributed by atoms with Crippen LogP contribution in [0.1, 0.15) is 17.2 Å². The topological polar surface area (TPSA) is 70.6 Å². The fourth-order valence-electron chi connectivity index (χ4n) is 2.27. The second-order valence-corrected chi connectivity index (χ2v) is 5.87. The first-order valence-corrected chi connectivity index (χ1v) is 8.15. The summed E-state index contributed by atoms with van der Waals surface area (Å²) in [5.74, 6) is -1.05. The number of hydrogen-bond acceptors (Lipinski definition) is 4. The Balaban J connectivity index is 1.81. The normalized spacial score (nSPS) is 12.9. The minimum absolute atomic E-state index is 0.0933. The van der Waals surface area contributed by atoms with Gasteiger partial charge in [-0.3, -0.25) is 4.79 Å². The maximum atomic E-state index is 12.6. The quantitative estimate of drug-likeness (QED) is 0.593. The van der Waals surface area contributed by atoms with E-state index in [-0.39, 0.29) is 24.3 Å². The third kappa shape index (κ3) is 7.53. The molecule has 1 unspecified atom stereocenters. The van der Waals surface area contributed by atoms with Gasteiger partial charge in [0.25, 0.3) is 0 Å². The van der Waals surface area contributed by atoms with E-state index < -0.39 is 35.9 Å². The predicted octanol–water partition coefficient (Wildman–Crippen LogP) is 3.87. The first-order chi connectivity index (χ1) is 13.4. The van der Waals surface area contributed by atoms with Gasteiger partial charge in [0.2, 0.25) is 5.91 Å². The lowest BCUT2D eigenvalue weighted by Crippen LogP contribution is -2.33. The average molecular weight is 422 g/mol. The van der Waals surface area contributed by atoms with E-state index in [2.05, 4.69) is 15.4 Å². The van der Waals surface area contributed by atoms with Crippen LogP contribution < -0.4 is 15.4 Å². The van der Waals surface area contributed by atoms with Crippen molar-refractivity contribution in [3.05, 3.63) is 59.7 Å². The Morgan fingerprint density at radius 1 is 1.03 bits per heavy atom. The summed E-state index contributed by atoms with van der Waals surface area (Å²) in [4.78, 5) is 11.8. The lowest BCUT2D eigenvalue weighted by molar-refractivity contribution is -0.274. The first-order valence-electron chi connectivity index (χ1n) is 8.15. The van der Waals surface area contributed by atoms with Gasteiger partial charge in [0.1, 0.15) is 5.75 Å². The molecule has 29 heavy (non-hydrogen) atoms. The van der Waals surface area contributed by atoms with Gasteiger partial charge in [-0.15, -0.1) is 13.2 Å². The van der Waals surface area contributed by atoms with Crippen LogP contribution in [0.4, 0.5) is 32.0 Å². The van der Waals surface area contributed by atoms with Crippen molar-refractivity contribution in [3.8, 4) is 5.75 Å². The van der Waals surface area contributed by atoms with Crippen LogP contribution in [0.5, 0.6) is 5.75 Å². The number of alkyl halides is 6. The van der Waals surface area contributed by atoms with Crippen LogP contribution in [0.2, 0.25) is 0 Å². The zero-order valence-corrected chi connectivity index (χ0v) is 14.6. The van der Waals surface area contributed by atoms with Gasteiger partial charge in [0.15, 0.2) is 0 Å². The van der Waals surface area contributed by atoms with E-state index in [1.807, 2.05) is 0 Å². The highest BCUT2D eigenvalue weighted by Crippen LogP contribution is 2.30. The maximum Gasteiger partial charge on any atom is 0.573 e. The van der Waals surface area contributed by atoms with Crippen LogP contribution in [0.3, 0.4) is 0 Å². The highest BCUT2D eigenvalue weighted by molar-refractivity contribution is 5.80. The Bertz CT molecular complexity index is 822. The molecular formula is C18H16F6N2O3. The molecule has 3 N–H and O–H groups in total. The van der Waals surface area contributed by atoms with Crippen molar-refractivity contribution < 1.29 is 41.0 Å². The van der Waals surface area contributed by atoms with Gasteiger partial charge in [0.05, 0.1) is 18.2 Å². The molecule has 11 heteroatoms. The maximum absolute atomic E-state index is 12.6. The number of benzene rings is 2. The molecule has 0 aromatic heterocycles. The molecule has 0 aliphatic carbocycles. The first kappa shape index (κ1) is 22.3. The molecule has 2 aromatic rings. The van der Waals surface area contributed by atoms with E-state index in [9.17, 15) is 36.2 Å². The molecule has 0 fully saturated rings. The predicted molar refractivity (Wildman–Crippen MR) is 91.0 cm³/mol. The minimum atomic E-state index is -4.83. The summed E-state index contributed by atoms with van der Waals surface area (Å²) < 4.78 is 78.0. The van der Waals surface area contributed by atoms with E-state index in [4.69, 9.17) is 0 Å². The number of anilines is 1. The molecule has 0 aliphatic rings. The van der Waals surface area contributed by atoms with Crippen molar-refractivity contribution in [1.29, 1.82) is 0 Å². The summed E-state index contributed by atoms with van der Waals surface area (Å²) in [7, 11) is 0. The van der Waals surface area contributed by atoms with Crippen LogP contribution in [-0.4, -0.2) is 30.5 Å². The number of nitrogens with one attached hydrogen (secondary N) is 2. The van der Waals surface area contributed by atoms with Crippen LogP contribution in [0, 0.1) is 0 Å². The second-order valence-electron chi connectivity index (χ2n) is 5.87. The number of carbonyl (C=O) groups excluding carboxylic acids is 1. The fraction of sp³-hybridized carbons (Fsp3) is 0.278. The number of hydrogen-bond donors (Lipinski definition) is 3. The van der Waals surface area contributed by atoms with Crippen LogP contribution in [-0.2, 0) is 11.0 Å². The van der Waals surface area contributed by atoms with Crippen molar-refractivity contribution in [2.75, 3.05) is 18.4 Å². The van der Waals surface area contributed by atoms with Gasteiger partial charge in [0, 0.05) is 12.2 Å². The van der Waals surface area contributed by atoms with Crippen molar-refractivity contribution in [1.82, 2.24) is 5.32 Å². The van der Waals surface area contributed by atoms with E-state index >= 15 is 0 Å². The van der Waals surface area contributed by atoms with Gasteiger partial charge in [-0.2, -0.15) is 13.2 Å². The lowest BCUT2D eigenvalue weighted by atomic mass is 10.1. The zero-order chi connectivity index (χ0) is 21.7. The van der Waals surface area contributed by atoms with Crippen molar-refractivity contribution >= 4 is 11.6 Å². The Morgan fingerprint density at radius 3 is 2.28 bits per heavy atom. The van der Waals surface area contributed by atoms with E-state index in [0.29, 0.717) is 0 Å². The Hall–Kier alpha value is -2.95. The van der Waals surface area contributed by atoms with E-state index in [1.54, 1.807) is 0 Å². The highest BCUT2D eigenvalue weighted by Gasteiger charge is 2.31. The SMILES string of the molecule is O=C(CNc1cccc(C(F)(F)F)c1)NCC(O)c1ccc(OC(F)(F)F)cc1. The Kier molecular flexibility index (Phi) is 6.96. The molecule has 0 spiro atoms. The van der Waals surface area contributed by atoms with E-state index in [0.717, 1.165) is 24.3 Å². The molecule has 0 heterocycles. The summed E-state index contributed by atoms with van der Waals surface area (Å²) in [5, 5.41) is 14.9. The lowest BCUT2D eigenvalue weighted by Gasteiger charge is -2.14. The van der Waals surface area contributed by atoms with Crippen molar-refractivity contribution in [3.63, 3.8) is 0 Å². The standard InChI is InChI=1S/C18H16F6N2O3/c19-17(20,21)12-2-1-3-13(8-12)25-10-16(28)26-9-15(27)11-4-6-14(7-5-11)29-18(22,23)24/h1-8,15,25,27H,9-10H2,(H,26,28). The molecule has 2 aromatic carbocycles. The third-order valence-electron chi connectivity index (χ3n) is 3.63. The molecule has 0 saturated heterocycles. The molecule has 5 nitrogen and oxygen atoms in total. The van der Waals surface area contributed by atoms with Crippen molar-refractivity contribution in [2.45, 2.75) is 18.6 Å². The van der Waals surface area contributed by atoms with Crippen molar-refractivity contribution in [2.24, 2.45) is 0 Å². The van der Waals surface area contributed by atoms with Crippen LogP contribution >= 0.6 is 0 Å². The molecule has 0 saturated carbocycles. The summed E-state index contributed by atoms with van der Waals surface area (Å²) >= 11 is 0. The Morgan fingerprint density at radius 2 is 1.69 bits per heavy atom. The number of halogens is 6. The van der Waals surface area contributed by atoms with Gasteiger partial charge in [-0.25, -0.2) is 0 Å². The van der Waals surface area contributed by atoms with Gasteiger partial charge >= 0.3 is 12.5 Å². The number of rotatable bonds is 7. The number of aliphatic hydroxyl groups excluding tert-OH is 1. The summed E-state index contributed by atoms with van der Waals surface area (Å²) in [6, 6.07) is 8.75. The number of carbonyl (C=O) groups is 1. The summed E-state index contributed by atoms with van der Waals surface area (Å²) in [5.41, 5.74) is -0.530.